The van der Waals surface area contributed by atoms with Gasteiger partial charge < -0.3 is 14.4 Å². The van der Waals surface area contributed by atoms with Crippen LogP contribution in [0.3, 0.4) is 0 Å². The Morgan fingerprint density at radius 3 is 3.17 bits per heavy atom. The zero-order valence-corrected chi connectivity index (χ0v) is 13.2. The zero-order valence-electron chi connectivity index (χ0n) is 13.2. The van der Waals surface area contributed by atoms with Gasteiger partial charge in [0, 0.05) is 19.0 Å². The summed E-state index contributed by atoms with van der Waals surface area (Å²) in [5.74, 6) is 0.888. The van der Waals surface area contributed by atoms with E-state index in [1.54, 1.807) is 16.7 Å². The lowest BCUT2D eigenvalue weighted by Gasteiger charge is -2.30. The van der Waals surface area contributed by atoms with Gasteiger partial charge in [-0.25, -0.2) is 9.18 Å². The molecule has 1 saturated heterocycles. The molecule has 126 valence electrons. The van der Waals surface area contributed by atoms with E-state index < -0.39 is 0 Å². The monoisotopic (exact) mass is 331 g/mol. The Balaban J connectivity index is 1.47. The second-order valence-corrected chi connectivity index (χ2v) is 6.00. The first-order chi connectivity index (χ1) is 11.7. The highest BCUT2D eigenvalue weighted by Crippen LogP contribution is 2.28. The zero-order chi connectivity index (χ0) is 16.5. The molecule has 2 aromatic rings. The predicted octanol–water partition coefficient (Wildman–Crippen LogP) is 1.22. The number of rotatable bonds is 4. The Labute approximate surface area is 138 Å². The SMILES string of the molecule is O=c1nc(OCCc2cccc(F)c2)cc2n1C[C@@H]1COCCN21. The number of benzene rings is 1. The standard InChI is InChI=1S/C17H18FN3O3/c18-13-3-1-2-12(8-13)4-6-24-15-9-16-20-5-7-23-11-14(20)10-21(16)17(22)19-15/h1-3,8-9,14H,4-7,10-11H2/t14-/m1/s1. The van der Waals surface area contributed by atoms with E-state index in [1.165, 1.54) is 12.1 Å². The number of aromatic nitrogens is 2. The molecule has 1 aromatic heterocycles. The van der Waals surface area contributed by atoms with Gasteiger partial charge in [-0.15, -0.1) is 0 Å². The van der Waals surface area contributed by atoms with E-state index in [-0.39, 0.29) is 17.5 Å². The molecular weight excluding hydrogens is 313 g/mol. The Hall–Kier alpha value is -2.41. The smallest absolute Gasteiger partial charge is 0.352 e. The van der Waals surface area contributed by atoms with Crippen LogP contribution in [0.5, 0.6) is 5.88 Å². The van der Waals surface area contributed by atoms with Gasteiger partial charge >= 0.3 is 5.69 Å². The van der Waals surface area contributed by atoms with Crippen molar-refractivity contribution in [2.45, 2.75) is 19.0 Å². The van der Waals surface area contributed by atoms with Crippen LogP contribution in [0.25, 0.3) is 0 Å². The van der Waals surface area contributed by atoms with Gasteiger partial charge in [0.25, 0.3) is 0 Å². The van der Waals surface area contributed by atoms with Crippen molar-refractivity contribution in [2.24, 2.45) is 0 Å². The summed E-state index contributed by atoms with van der Waals surface area (Å²) in [5.41, 5.74) is 0.545. The van der Waals surface area contributed by atoms with Crippen LogP contribution in [0.1, 0.15) is 5.56 Å². The molecule has 1 fully saturated rings. The van der Waals surface area contributed by atoms with Crippen molar-refractivity contribution in [3.8, 4) is 5.88 Å². The minimum absolute atomic E-state index is 0.191. The fourth-order valence-electron chi connectivity index (χ4n) is 3.24. The molecule has 2 aliphatic heterocycles. The Kier molecular flexibility index (Phi) is 3.93. The second-order valence-electron chi connectivity index (χ2n) is 6.00. The van der Waals surface area contributed by atoms with E-state index in [0.717, 1.165) is 17.9 Å². The third-order valence-corrected chi connectivity index (χ3v) is 4.41. The summed E-state index contributed by atoms with van der Waals surface area (Å²) in [6.07, 6.45) is 0.554. The highest BCUT2D eigenvalue weighted by atomic mass is 19.1. The number of ether oxygens (including phenoxy) is 2. The number of halogens is 1. The molecule has 0 radical (unpaired) electrons. The Morgan fingerprint density at radius 1 is 1.38 bits per heavy atom. The van der Waals surface area contributed by atoms with Gasteiger partial charge in [0.2, 0.25) is 5.88 Å². The van der Waals surface area contributed by atoms with E-state index in [0.29, 0.717) is 38.7 Å². The maximum absolute atomic E-state index is 13.2. The van der Waals surface area contributed by atoms with Crippen molar-refractivity contribution in [1.29, 1.82) is 0 Å². The van der Waals surface area contributed by atoms with Crippen LogP contribution < -0.4 is 15.3 Å². The summed E-state index contributed by atoms with van der Waals surface area (Å²) in [5, 5.41) is 0. The third kappa shape index (κ3) is 2.87. The van der Waals surface area contributed by atoms with E-state index in [1.807, 2.05) is 6.07 Å². The van der Waals surface area contributed by atoms with Gasteiger partial charge in [-0.2, -0.15) is 4.98 Å². The van der Waals surface area contributed by atoms with Gasteiger partial charge in [-0.3, -0.25) is 4.57 Å². The molecule has 0 bridgehead atoms. The summed E-state index contributed by atoms with van der Waals surface area (Å²) in [7, 11) is 0. The highest BCUT2D eigenvalue weighted by Gasteiger charge is 2.33. The summed E-state index contributed by atoms with van der Waals surface area (Å²) >= 11 is 0. The molecule has 0 spiro atoms. The molecule has 24 heavy (non-hydrogen) atoms. The van der Waals surface area contributed by atoms with Gasteiger partial charge in [-0.05, 0) is 17.7 Å². The van der Waals surface area contributed by atoms with Crippen LogP contribution in [0.2, 0.25) is 0 Å². The topological polar surface area (TPSA) is 56.6 Å². The van der Waals surface area contributed by atoms with Crippen LogP contribution in [0, 0.1) is 5.82 Å². The van der Waals surface area contributed by atoms with Crippen molar-refractivity contribution in [3.05, 3.63) is 52.2 Å². The second kappa shape index (κ2) is 6.24. The quantitative estimate of drug-likeness (QED) is 0.843. The Morgan fingerprint density at radius 2 is 2.29 bits per heavy atom. The summed E-state index contributed by atoms with van der Waals surface area (Å²) in [4.78, 5) is 18.4. The minimum Gasteiger partial charge on any atom is -0.477 e. The summed E-state index contributed by atoms with van der Waals surface area (Å²) in [6.45, 7) is 2.98. The lowest BCUT2D eigenvalue weighted by Crippen LogP contribution is -2.43. The summed E-state index contributed by atoms with van der Waals surface area (Å²) in [6, 6.07) is 8.40. The van der Waals surface area contributed by atoms with Crippen LogP contribution in [-0.4, -0.2) is 42.0 Å². The predicted molar refractivity (Wildman–Crippen MR) is 86.0 cm³/mol. The molecule has 0 amide bonds. The molecule has 3 heterocycles. The van der Waals surface area contributed by atoms with Gasteiger partial charge in [0.05, 0.1) is 32.4 Å². The van der Waals surface area contributed by atoms with Gasteiger partial charge in [0.15, 0.2) is 0 Å². The van der Waals surface area contributed by atoms with E-state index >= 15 is 0 Å². The van der Waals surface area contributed by atoms with E-state index in [4.69, 9.17) is 9.47 Å². The fraction of sp³-hybridized carbons (Fsp3) is 0.412. The van der Waals surface area contributed by atoms with Crippen molar-refractivity contribution >= 4 is 5.82 Å². The van der Waals surface area contributed by atoms with Gasteiger partial charge in [-0.1, -0.05) is 12.1 Å². The van der Waals surface area contributed by atoms with Crippen LogP contribution in [0.15, 0.2) is 35.1 Å². The Bertz CT molecular complexity index is 808. The van der Waals surface area contributed by atoms with E-state index in [2.05, 4.69) is 9.88 Å². The number of hydrogen-bond acceptors (Lipinski definition) is 5. The molecular formula is C17H18FN3O3. The highest BCUT2D eigenvalue weighted by molar-refractivity contribution is 5.47. The number of nitrogens with zero attached hydrogens (tertiary/aromatic N) is 3. The largest absolute Gasteiger partial charge is 0.477 e. The first kappa shape index (κ1) is 15.1. The molecule has 1 atom stereocenters. The first-order valence-electron chi connectivity index (χ1n) is 8.04. The molecule has 2 aliphatic rings. The maximum Gasteiger partial charge on any atom is 0.352 e. The van der Waals surface area contributed by atoms with Crippen molar-refractivity contribution in [1.82, 2.24) is 9.55 Å². The normalized spacial score (nSPS) is 19.0. The number of hydrogen-bond donors (Lipinski definition) is 0. The number of fused-ring (bicyclic) bond motifs is 3. The fourth-order valence-corrected chi connectivity index (χ4v) is 3.24. The molecule has 0 saturated carbocycles. The number of morpholine rings is 1. The van der Waals surface area contributed by atoms with Gasteiger partial charge in [0.1, 0.15) is 11.6 Å². The number of anilines is 1. The molecule has 6 nitrogen and oxygen atoms in total. The van der Waals surface area contributed by atoms with E-state index in [9.17, 15) is 9.18 Å². The molecule has 0 unspecified atom stereocenters. The van der Waals surface area contributed by atoms with Crippen molar-refractivity contribution in [2.75, 3.05) is 31.3 Å². The molecule has 0 aliphatic carbocycles. The van der Waals surface area contributed by atoms with Crippen molar-refractivity contribution < 1.29 is 13.9 Å². The van der Waals surface area contributed by atoms with Crippen molar-refractivity contribution in [3.63, 3.8) is 0 Å². The molecule has 4 rings (SSSR count). The summed E-state index contributed by atoms with van der Waals surface area (Å²) < 4.78 is 25.9. The van der Waals surface area contributed by atoms with Crippen LogP contribution in [0.4, 0.5) is 10.2 Å². The third-order valence-electron chi connectivity index (χ3n) is 4.41. The van der Waals surface area contributed by atoms with Crippen LogP contribution >= 0.6 is 0 Å². The molecule has 0 N–H and O–H groups in total. The average Bonchev–Trinajstić information content (AvgIpc) is 2.95. The lowest BCUT2D eigenvalue weighted by atomic mass is 10.2. The molecule has 7 heteroatoms. The van der Waals surface area contributed by atoms with Crippen LogP contribution in [-0.2, 0) is 17.7 Å². The lowest BCUT2D eigenvalue weighted by molar-refractivity contribution is 0.0956. The minimum atomic E-state index is -0.303. The molecule has 1 aromatic carbocycles. The first-order valence-corrected chi connectivity index (χ1v) is 8.04. The average molecular weight is 331 g/mol. The maximum atomic E-state index is 13.2.